The molecule has 1 saturated heterocycles. The molecule has 0 unspecified atom stereocenters. The minimum Gasteiger partial charge on any atom is -0.446 e. The van der Waals surface area contributed by atoms with Crippen molar-refractivity contribution in [2.24, 2.45) is 0 Å². The van der Waals surface area contributed by atoms with Gasteiger partial charge in [-0.15, -0.1) is 0 Å². The van der Waals surface area contributed by atoms with E-state index in [1.54, 1.807) is 4.90 Å². The van der Waals surface area contributed by atoms with E-state index in [1.165, 1.54) is 0 Å². The minimum absolute atomic E-state index is 0.0555. The lowest BCUT2D eigenvalue weighted by molar-refractivity contribution is -0.122. The summed E-state index contributed by atoms with van der Waals surface area (Å²) in [5.41, 5.74) is 0. The monoisotopic (exact) mass is 226 g/mol. The van der Waals surface area contributed by atoms with Gasteiger partial charge in [0.1, 0.15) is 11.9 Å². The van der Waals surface area contributed by atoms with Crippen LogP contribution in [0.2, 0.25) is 0 Å². The molecule has 1 aliphatic carbocycles. The van der Waals surface area contributed by atoms with Gasteiger partial charge >= 0.3 is 6.09 Å². The molecule has 0 spiro atoms. The van der Waals surface area contributed by atoms with Gasteiger partial charge in [-0.05, 0) is 12.8 Å². The van der Waals surface area contributed by atoms with E-state index in [0.29, 0.717) is 38.8 Å². The van der Waals surface area contributed by atoms with Gasteiger partial charge in [-0.1, -0.05) is 0 Å². The third kappa shape index (κ3) is 2.95. The second-order valence-electron chi connectivity index (χ2n) is 4.36. The van der Waals surface area contributed by atoms with Gasteiger partial charge in [0.15, 0.2) is 0 Å². The largest absolute Gasteiger partial charge is 0.446 e. The number of nitrogens with zero attached hydrogens (tertiary/aromatic N) is 1. The van der Waals surface area contributed by atoms with Gasteiger partial charge < -0.3 is 15.0 Å². The van der Waals surface area contributed by atoms with Crippen LogP contribution in [-0.2, 0) is 9.53 Å². The molecule has 1 saturated carbocycles. The zero-order valence-electron chi connectivity index (χ0n) is 9.41. The van der Waals surface area contributed by atoms with Gasteiger partial charge in [0, 0.05) is 39.0 Å². The van der Waals surface area contributed by atoms with Gasteiger partial charge in [-0.3, -0.25) is 4.79 Å². The Morgan fingerprint density at radius 1 is 1.25 bits per heavy atom. The van der Waals surface area contributed by atoms with Crippen molar-refractivity contribution in [1.29, 1.82) is 0 Å². The molecular formula is C11H18N2O3. The first-order valence-corrected chi connectivity index (χ1v) is 5.93. The minimum atomic E-state index is -0.221. The van der Waals surface area contributed by atoms with Crippen molar-refractivity contribution < 1.29 is 14.3 Å². The molecule has 5 nitrogen and oxygen atoms in total. The molecule has 2 aliphatic rings. The first-order valence-electron chi connectivity index (χ1n) is 5.93. The number of ether oxygens (including phenoxy) is 1. The number of carbonyl (C=O) groups is 2. The molecule has 2 rings (SSSR count). The second kappa shape index (κ2) is 5.30. The number of hydrogen-bond acceptors (Lipinski definition) is 4. The number of ketones is 1. The summed E-state index contributed by atoms with van der Waals surface area (Å²) in [6.45, 7) is 3.09. The molecule has 1 amide bonds. The Kier molecular flexibility index (Phi) is 3.77. The van der Waals surface area contributed by atoms with Crippen LogP contribution in [0.15, 0.2) is 0 Å². The average Bonchev–Trinajstić information content (AvgIpc) is 2.33. The Morgan fingerprint density at radius 3 is 2.50 bits per heavy atom. The highest BCUT2D eigenvalue weighted by Crippen LogP contribution is 2.18. The van der Waals surface area contributed by atoms with Crippen LogP contribution in [0.1, 0.15) is 25.7 Å². The van der Waals surface area contributed by atoms with E-state index < -0.39 is 0 Å². The van der Waals surface area contributed by atoms with Crippen molar-refractivity contribution in [3.05, 3.63) is 0 Å². The number of piperazine rings is 1. The Balaban J connectivity index is 1.75. The highest BCUT2D eigenvalue weighted by Gasteiger charge is 2.25. The zero-order chi connectivity index (χ0) is 11.4. The Hall–Kier alpha value is -1.10. The van der Waals surface area contributed by atoms with E-state index in [1.807, 2.05) is 0 Å². The van der Waals surface area contributed by atoms with Crippen molar-refractivity contribution in [3.8, 4) is 0 Å². The van der Waals surface area contributed by atoms with Gasteiger partial charge in [0.05, 0.1) is 0 Å². The second-order valence-corrected chi connectivity index (χ2v) is 4.36. The molecule has 1 heterocycles. The van der Waals surface area contributed by atoms with Gasteiger partial charge in [0.2, 0.25) is 0 Å². The Labute approximate surface area is 95.1 Å². The van der Waals surface area contributed by atoms with E-state index in [4.69, 9.17) is 4.74 Å². The highest BCUT2D eigenvalue weighted by molar-refractivity contribution is 5.79. The molecule has 16 heavy (non-hydrogen) atoms. The smallest absolute Gasteiger partial charge is 0.410 e. The van der Waals surface area contributed by atoms with Gasteiger partial charge in [0.25, 0.3) is 0 Å². The van der Waals surface area contributed by atoms with Crippen molar-refractivity contribution in [2.75, 3.05) is 26.2 Å². The Bertz CT molecular complexity index is 264. The first kappa shape index (κ1) is 11.4. The number of hydrogen-bond donors (Lipinski definition) is 1. The van der Waals surface area contributed by atoms with Crippen LogP contribution in [0.25, 0.3) is 0 Å². The molecule has 0 aromatic heterocycles. The van der Waals surface area contributed by atoms with Crippen LogP contribution in [0.3, 0.4) is 0 Å². The fourth-order valence-electron chi connectivity index (χ4n) is 2.10. The van der Waals surface area contributed by atoms with E-state index in [9.17, 15) is 9.59 Å². The molecule has 0 atom stereocenters. The molecule has 2 fully saturated rings. The normalized spacial score (nSPS) is 23.2. The summed E-state index contributed by atoms with van der Waals surface area (Å²) in [7, 11) is 0. The molecule has 1 aliphatic heterocycles. The number of rotatable bonds is 1. The van der Waals surface area contributed by atoms with E-state index >= 15 is 0 Å². The van der Waals surface area contributed by atoms with Crippen molar-refractivity contribution in [3.63, 3.8) is 0 Å². The topological polar surface area (TPSA) is 58.6 Å². The van der Waals surface area contributed by atoms with Crippen LogP contribution in [0.4, 0.5) is 4.79 Å². The summed E-state index contributed by atoms with van der Waals surface area (Å²) < 4.78 is 5.39. The predicted molar refractivity (Wildman–Crippen MR) is 58.2 cm³/mol. The van der Waals surface area contributed by atoms with E-state index in [2.05, 4.69) is 5.32 Å². The number of amides is 1. The maximum absolute atomic E-state index is 11.7. The molecule has 1 N–H and O–H groups in total. The molecular weight excluding hydrogens is 208 g/mol. The zero-order valence-corrected chi connectivity index (χ0v) is 9.41. The summed E-state index contributed by atoms with van der Waals surface area (Å²) >= 11 is 0. The Morgan fingerprint density at radius 2 is 1.88 bits per heavy atom. The number of nitrogens with one attached hydrogen (secondary N) is 1. The fourth-order valence-corrected chi connectivity index (χ4v) is 2.10. The van der Waals surface area contributed by atoms with Crippen LogP contribution < -0.4 is 5.32 Å². The summed E-state index contributed by atoms with van der Waals surface area (Å²) in [4.78, 5) is 24.5. The van der Waals surface area contributed by atoms with Crippen LogP contribution in [0.5, 0.6) is 0 Å². The summed E-state index contributed by atoms with van der Waals surface area (Å²) in [5, 5.41) is 3.18. The lowest BCUT2D eigenvalue weighted by atomic mass is 9.97. The number of carbonyl (C=O) groups excluding carboxylic acids is 2. The van der Waals surface area contributed by atoms with Gasteiger partial charge in [-0.2, -0.15) is 0 Å². The standard InChI is InChI=1S/C11H18N2O3/c14-9-1-3-10(4-2-9)16-11(15)13-7-5-12-6-8-13/h10,12H,1-8H2. The van der Waals surface area contributed by atoms with Gasteiger partial charge in [-0.25, -0.2) is 4.79 Å². The fraction of sp³-hybridized carbons (Fsp3) is 0.818. The molecule has 5 heteroatoms. The molecule has 0 radical (unpaired) electrons. The SMILES string of the molecule is O=C1CCC(OC(=O)N2CCNCC2)CC1. The van der Waals surface area contributed by atoms with Crippen molar-refractivity contribution >= 4 is 11.9 Å². The lowest BCUT2D eigenvalue weighted by Crippen LogP contribution is -2.47. The van der Waals surface area contributed by atoms with Crippen molar-refractivity contribution in [1.82, 2.24) is 10.2 Å². The lowest BCUT2D eigenvalue weighted by Gasteiger charge is -2.29. The van der Waals surface area contributed by atoms with Crippen LogP contribution in [0, 0.1) is 0 Å². The maximum Gasteiger partial charge on any atom is 0.410 e. The first-order chi connectivity index (χ1) is 7.75. The summed E-state index contributed by atoms with van der Waals surface area (Å²) in [6.07, 6.45) is 2.22. The summed E-state index contributed by atoms with van der Waals surface area (Å²) in [5.74, 6) is 0.287. The number of Topliss-reactive ketones (excluding diaryl/α,β-unsaturated/α-hetero) is 1. The van der Waals surface area contributed by atoms with E-state index in [0.717, 1.165) is 13.1 Å². The third-order valence-corrected chi connectivity index (χ3v) is 3.13. The molecule has 0 aromatic rings. The maximum atomic E-state index is 11.7. The molecule has 0 aromatic carbocycles. The highest BCUT2D eigenvalue weighted by atomic mass is 16.6. The third-order valence-electron chi connectivity index (χ3n) is 3.13. The quantitative estimate of drug-likeness (QED) is 0.709. The predicted octanol–water partition coefficient (Wildman–Crippen LogP) is 0.540. The van der Waals surface area contributed by atoms with Crippen molar-refractivity contribution in [2.45, 2.75) is 31.8 Å². The molecule has 90 valence electrons. The van der Waals surface area contributed by atoms with Crippen LogP contribution in [-0.4, -0.2) is 49.1 Å². The average molecular weight is 226 g/mol. The summed E-state index contributed by atoms with van der Waals surface area (Å²) in [6, 6.07) is 0. The van der Waals surface area contributed by atoms with E-state index in [-0.39, 0.29) is 18.0 Å². The van der Waals surface area contributed by atoms with Crippen LogP contribution >= 0.6 is 0 Å². The molecule has 0 bridgehead atoms.